The van der Waals surface area contributed by atoms with Gasteiger partial charge in [0.15, 0.2) is 23.1 Å². The molecule has 5 rings (SSSR count). The van der Waals surface area contributed by atoms with Crippen molar-refractivity contribution in [1.29, 1.82) is 0 Å². The third kappa shape index (κ3) is 6.20. The van der Waals surface area contributed by atoms with E-state index in [1.165, 1.54) is 43.6 Å². The van der Waals surface area contributed by atoms with Crippen molar-refractivity contribution in [3.63, 3.8) is 0 Å². The molecule has 212 valence electrons. The Bertz CT molecular complexity index is 1590. The van der Waals surface area contributed by atoms with Crippen molar-refractivity contribution in [2.75, 3.05) is 31.7 Å². The summed E-state index contributed by atoms with van der Waals surface area (Å²) in [4.78, 5) is 29.5. The molecule has 0 radical (unpaired) electrons. The summed E-state index contributed by atoms with van der Waals surface area (Å²) in [6, 6.07) is 13.7. The number of primary amides is 1. The fourth-order valence-electron chi connectivity index (χ4n) is 4.68. The highest BCUT2D eigenvalue weighted by Gasteiger charge is 2.25. The molecule has 1 fully saturated rings. The first-order valence-electron chi connectivity index (χ1n) is 13.0. The minimum Gasteiger partial charge on any atom is -0.493 e. The monoisotopic (exact) mass is 562 g/mol. The second kappa shape index (κ2) is 12.2. The molecule has 3 N–H and O–H groups in total. The molecule has 3 aromatic carbocycles. The number of fused-ring (bicyclic) bond motifs is 1. The summed E-state index contributed by atoms with van der Waals surface area (Å²) in [5.41, 5.74) is 5.72. The van der Waals surface area contributed by atoms with Crippen LogP contribution in [0.4, 0.5) is 20.2 Å². The molecule has 0 atom stereocenters. The fraction of sp³-hybridized carbons (Fsp3) is 0.233. The van der Waals surface area contributed by atoms with Gasteiger partial charge in [-0.1, -0.05) is 6.07 Å². The minimum absolute atomic E-state index is 0.00673. The lowest BCUT2D eigenvalue weighted by Gasteiger charge is -2.23. The van der Waals surface area contributed by atoms with E-state index in [1.54, 1.807) is 18.2 Å². The number of halogens is 2. The van der Waals surface area contributed by atoms with Crippen LogP contribution in [0.2, 0.25) is 0 Å². The summed E-state index contributed by atoms with van der Waals surface area (Å²) < 4.78 is 46.7. The number of carbonyl (C=O) groups excluding carboxylic acids is 2. The fourth-order valence-corrected chi connectivity index (χ4v) is 4.68. The molecule has 0 spiro atoms. The summed E-state index contributed by atoms with van der Waals surface area (Å²) in [6.07, 6.45) is 3.60. The molecule has 0 saturated carbocycles. The number of anilines is 2. The van der Waals surface area contributed by atoms with E-state index in [1.807, 2.05) is 0 Å². The van der Waals surface area contributed by atoms with Crippen molar-refractivity contribution in [2.24, 2.45) is 11.7 Å². The number of ether oxygens (including phenoxy) is 3. The number of aromatic nitrogens is 1. The van der Waals surface area contributed by atoms with Crippen molar-refractivity contribution in [3.8, 4) is 23.0 Å². The van der Waals surface area contributed by atoms with Crippen molar-refractivity contribution in [2.45, 2.75) is 12.8 Å². The summed E-state index contributed by atoms with van der Waals surface area (Å²) in [6.45, 7) is 2.49. The van der Waals surface area contributed by atoms with Gasteiger partial charge in [-0.15, -0.1) is 0 Å². The molecule has 1 aliphatic heterocycles. The van der Waals surface area contributed by atoms with Gasteiger partial charge in [0.1, 0.15) is 11.6 Å². The molecular formula is C30H28F2N4O5. The second-order valence-corrected chi connectivity index (χ2v) is 9.54. The van der Waals surface area contributed by atoms with Gasteiger partial charge in [-0.25, -0.2) is 8.78 Å². The Morgan fingerprint density at radius 1 is 0.976 bits per heavy atom. The highest BCUT2D eigenvalue weighted by Crippen LogP contribution is 2.39. The molecule has 0 unspecified atom stereocenters. The molecule has 1 saturated heterocycles. The molecule has 4 aromatic rings. The first-order valence-corrected chi connectivity index (χ1v) is 13.0. The van der Waals surface area contributed by atoms with Crippen LogP contribution in [0.15, 0.2) is 66.9 Å². The Kier molecular flexibility index (Phi) is 8.25. The number of amides is 2. The lowest BCUT2D eigenvalue weighted by atomic mass is 9.99. The zero-order chi connectivity index (χ0) is 28.9. The predicted octanol–water partition coefficient (Wildman–Crippen LogP) is 4.84. The van der Waals surface area contributed by atoms with Crippen LogP contribution in [0.5, 0.6) is 23.0 Å². The van der Waals surface area contributed by atoms with Gasteiger partial charge in [0.2, 0.25) is 0 Å². The number of piperidine rings is 1. The van der Waals surface area contributed by atoms with Crippen LogP contribution in [0, 0.1) is 17.6 Å². The first-order chi connectivity index (χ1) is 19.8. The normalized spacial score (nSPS) is 13.5. The second-order valence-electron chi connectivity index (χ2n) is 9.54. The molecule has 2 amide bonds. The van der Waals surface area contributed by atoms with E-state index >= 15 is 4.39 Å². The number of nitrogens with zero attached hydrogens (tertiary/aromatic N) is 2. The molecule has 1 aromatic heterocycles. The maximum absolute atomic E-state index is 15.3. The minimum atomic E-state index is -1.29. The molecule has 0 bridgehead atoms. The Hall–Kier alpha value is -4.77. The van der Waals surface area contributed by atoms with E-state index in [0.29, 0.717) is 40.7 Å². The van der Waals surface area contributed by atoms with E-state index in [9.17, 15) is 14.0 Å². The third-order valence-electron chi connectivity index (χ3n) is 6.79. The average Bonchev–Trinajstić information content (AvgIpc) is 2.97. The van der Waals surface area contributed by atoms with Crippen LogP contribution in [0.1, 0.15) is 12.8 Å². The van der Waals surface area contributed by atoms with Gasteiger partial charge in [0, 0.05) is 23.7 Å². The number of pyridine rings is 1. The lowest BCUT2D eigenvalue weighted by Crippen LogP contribution is -2.37. The van der Waals surface area contributed by atoms with Crippen molar-refractivity contribution in [3.05, 3.63) is 78.5 Å². The quantitative estimate of drug-likeness (QED) is 0.295. The van der Waals surface area contributed by atoms with Crippen molar-refractivity contribution < 1.29 is 32.6 Å². The van der Waals surface area contributed by atoms with Gasteiger partial charge < -0.3 is 25.3 Å². The molecule has 0 aliphatic carbocycles. The zero-order valence-corrected chi connectivity index (χ0v) is 22.2. The van der Waals surface area contributed by atoms with Crippen LogP contribution in [0.25, 0.3) is 10.9 Å². The molecule has 9 nitrogen and oxygen atoms in total. The van der Waals surface area contributed by atoms with E-state index in [4.69, 9.17) is 19.9 Å². The third-order valence-corrected chi connectivity index (χ3v) is 6.79. The number of hydrogen-bond donors (Lipinski definition) is 2. The molecular weight excluding hydrogens is 534 g/mol. The zero-order valence-electron chi connectivity index (χ0n) is 22.2. The number of nitrogens with two attached hydrogens (primary N) is 1. The van der Waals surface area contributed by atoms with Crippen LogP contribution in [-0.4, -0.2) is 43.6 Å². The standard InChI is InChI=1S/C30H28F2N4O5/c1-39-27-15-22-24(16-28(27)40-17-18-7-10-34-11-8-18)35-12-9-25(22)41-26-6-5-21(14-23(26)32)36(30(38)29(33)37)20-4-2-3-19(31)13-20/h2-6,9,12-16,18,34H,7-8,10-11,17H2,1H3,(H2,33,37). The SMILES string of the molecule is COc1cc2c(Oc3ccc(N(C(=O)C(N)=O)c4cccc(F)c4)cc3F)ccnc2cc1OCC1CCNCC1. The van der Waals surface area contributed by atoms with E-state index in [-0.39, 0.29) is 17.1 Å². The molecule has 11 heteroatoms. The summed E-state index contributed by atoms with van der Waals surface area (Å²) in [5.74, 6) is -2.30. The van der Waals surface area contributed by atoms with Gasteiger partial charge >= 0.3 is 11.8 Å². The lowest BCUT2D eigenvalue weighted by molar-refractivity contribution is -0.135. The summed E-state index contributed by atoms with van der Waals surface area (Å²) >= 11 is 0. The summed E-state index contributed by atoms with van der Waals surface area (Å²) in [7, 11) is 1.53. The van der Waals surface area contributed by atoms with E-state index in [0.717, 1.165) is 43.0 Å². The molecule has 41 heavy (non-hydrogen) atoms. The van der Waals surface area contributed by atoms with E-state index < -0.39 is 23.4 Å². The van der Waals surface area contributed by atoms with Crippen LogP contribution in [0.3, 0.4) is 0 Å². The average molecular weight is 563 g/mol. The highest BCUT2D eigenvalue weighted by molar-refractivity contribution is 6.41. The van der Waals surface area contributed by atoms with Gasteiger partial charge in [0.05, 0.1) is 30.6 Å². The van der Waals surface area contributed by atoms with Gasteiger partial charge in [-0.05, 0) is 74.3 Å². The smallest absolute Gasteiger partial charge is 0.320 e. The topological polar surface area (TPSA) is 116 Å². The first kappa shape index (κ1) is 27.8. The number of benzene rings is 3. The van der Waals surface area contributed by atoms with Gasteiger partial charge in [0.25, 0.3) is 0 Å². The number of methoxy groups -OCH3 is 1. The van der Waals surface area contributed by atoms with Crippen LogP contribution in [-0.2, 0) is 9.59 Å². The van der Waals surface area contributed by atoms with Crippen LogP contribution >= 0.6 is 0 Å². The maximum atomic E-state index is 15.3. The predicted molar refractivity (Wildman–Crippen MR) is 149 cm³/mol. The molecule has 2 heterocycles. The van der Waals surface area contributed by atoms with Gasteiger partial charge in [-0.2, -0.15) is 0 Å². The largest absolute Gasteiger partial charge is 0.493 e. The Morgan fingerprint density at radius 3 is 2.46 bits per heavy atom. The Labute approximate surface area is 234 Å². The Morgan fingerprint density at radius 2 is 1.76 bits per heavy atom. The number of nitrogens with one attached hydrogen (secondary N) is 1. The van der Waals surface area contributed by atoms with Crippen LogP contribution < -0.4 is 30.2 Å². The van der Waals surface area contributed by atoms with Crippen molar-refractivity contribution >= 4 is 34.1 Å². The maximum Gasteiger partial charge on any atom is 0.320 e. The van der Waals surface area contributed by atoms with E-state index in [2.05, 4.69) is 10.3 Å². The highest BCUT2D eigenvalue weighted by atomic mass is 19.1. The number of carbonyl (C=O) groups is 2. The molecule has 1 aliphatic rings. The summed E-state index contributed by atoms with van der Waals surface area (Å²) in [5, 5.41) is 3.90. The Balaban J connectivity index is 1.43. The van der Waals surface area contributed by atoms with Crippen molar-refractivity contribution in [1.82, 2.24) is 10.3 Å². The van der Waals surface area contributed by atoms with Gasteiger partial charge in [-0.3, -0.25) is 19.5 Å². The number of rotatable bonds is 8. The number of hydrogen-bond acceptors (Lipinski definition) is 7.